The quantitative estimate of drug-likeness (QED) is 0.858. The van der Waals surface area contributed by atoms with Crippen molar-refractivity contribution < 1.29 is 18.0 Å². The van der Waals surface area contributed by atoms with Gasteiger partial charge in [-0.15, -0.1) is 0 Å². The molecule has 4 nitrogen and oxygen atoms in total. The molecule has 0 bridgehead atoms. The van der Waals surface area contributed by atoms with E-state index in [9.17, 15) is 18.0 Å². The van der Waals surface area contributed by atoms with Crippen LogP contribution in [-0.4, -0.2) is 10.9 Å². The van der Waals surface area contributed by atoms with Crippen LogP contribution < -0.4 is 11.1 Å². The lowest BCUT2D eigenvalue weighted by atomic mass is 10.1. The number of carbonyl (C=O) groups is 1. The number of carbonyl (C=O) groups excluding carboxylic acids is 1. The Morgan fingerprint density at radius 1 is 1.29 bits per heavy atom. The molecule has 8 heteroatoms. The lowest BCUT2D eigenvalue weighted by Gasteiger charge is -2.11. The summed E-state index contributed by atoms with van der Waals surface area (Å²) in [5.41, 5.74) is 5.03. The van der Waals surface area contributed by atoms with Crippen molar-refractivity contribution in [1.29, 1.82) is 0 Å². The number of benzene rings is 1. The molecule has 0 saturated carbocycles. The van der Waals surface area contributed by atoms with Crippen LogP contribution in [0.5, 0.6) is 0 Å². The number of nitrogens with zero attached hydrogens (tertiary/aromatic N) is 1. The van der Waals surface area contributed by atoms with E-state index >= 15 is 0 Å². The Morgan fingerprint density at radius 3 is 2.62 bits per heavy atom. The maximum Gasteiger partial charge on any atom is 0.416 e. The Bertz CT molecular complexity index is 689. The molecule has 0 saturated heterocycles. The molecule has 2 aromatic rings. The summed E-state index contributed by atoms with van der Waals surface area (Å²) < 4.78 is 38.3. The van der Waals surface area contributed by atoms with Gasteiger partial charge in [0.15, 0.2) is 0 Å². The summed E-state index contributed by atoms with van der Waals surface area (Å²) in [6.45, 7) is 0. The highest BCUT2D eigenvalue weighted by atomic mass is 79.9. The van der Waals surface area contributed by atoms with E-state index in [1.165, 1.54) is 24.5 Å². The van der Waals surface area contributed by atoms with E-state index < -0.39 is 17.6 Å². The van der Waals surface area contributed by atoms with Crippen molar-refractivity contribution in [3.63, 3.8) is 0 Å². The molecule has 1 aromatic heterocycles. The molecule has 21 heavy (non-hydrogen) atoms. The first-order valence-electron chi connectivity index (χ1n) is 5.66. The zero-order valence-electron chi connectivity index (χ0n) is 10.4. The Morgan fingerprint density at radius 2 is 2.00 bits per heavy atom. The Balaban J connectivity index is 2.30. The molecule has 0 atom stereocenters. The predicted molar refractivity (Wildman–Crippen MR) is 75.7 cm³/mol. The topological polar surface area (TPSA) is 68.0 Å². The molecule has 0 aliphatic heterocycles. The average Bonchev–Trinajstić information content (AvgIpc) is 2.37. The van der Waals surface area contributed by atoms with E-state index in [0.717, 1.165) is 12.1 Å². The van der Waals surface area contributed by atoms with Crippen LogP contribution >= 0.6 is 15.9 Å². The minimum Gasteiger partial charge on any atom is -0.398 e. The molecule has 0 spiro atoms. The van der Waals surface area contributed by atoms with Gasteiger partial charge in [-0.05, 0) is 24.3 Å². The maximum atomic E-state index is 12.7. The van der Waals surface area contributed by atoms with E-state index in [-0.39, 0.29) is 21.4 Å². The van der Waals surface area contributed by atoms with Crippen molar-refractivity contribution in [2.75, 3.05) is 11.1 Å². The number of nitrogens with two attached hydrogens (primary N) is 1. The van der Waals surface area contributed by atoms with Crippen LogP contribution in [0.4, 0.5) is 24.5 Å². The fraction of sp³-hybridized carbons (Fsp3) is 0.0769. The first-order chi connectivity index (χ1) is 9.77. The fourth-order valence-corrected chi connectivity index (χ4v) is 2.11. The van der Waals surface area contributed by atoms with Gasteiger partial charge < -0.3 is 11.1 Å². The number of halogens is 4. The molecule has 3 N–H and O–H groups in total. The zero-order valence-corrected chi connectivity index (χ0v) is 12.0. The number of nitrogens with one attached hydrogen (secondary N) is 1. The molecule has 2 rings (SSSR count). The lowest BCUT2D eigenvalue weighted by molar-refractivity contribution is -0.137. The van der Waals surface area contributed by atoms with Crippen LogP contribution in [0.2, 0.25) is 0 Å². The first kappa shape index (κ1) is 15.3. The highest BCUT2D eigenvalue weighted by molar-refractivity contribution is 9.10. The summed E-state index contributed by atoms with van der Waals surface area (Å²) in [4.78, 5) is 15.7. The van der Waals surface area contributed by atoms with Crippen molar-refractivity contribution in [3.05, 3.63) is 52.3 Å². The van der Waals surface area contributed by atoms with Gasteiger partial charge >= 0.3 is 6.18 Å². The van der Waals surface area contributed by atoms with Crippen LogP contribution in [0, 0.1) is 0 Å². The van der Waals surface area contributed by atoms with Gasteiger partial charge in [-0.25, -0.2) is 0 Å². The second-order valence-electron chi connectivity index (χ2n) is 4.14. The van der Waals surface area contributed by atoms with Crippen LogP contribution in [0.1, 0.15) is 15.9 Å². The number of pyridine rings is 1. The van der Waals surface area contributed by atoms with Gasteiger partial charge in [0.2, 0.25) is 0 Å². The third-order valence-electron chi connectivity index (χ3n) is 2.58. The van der Waals surface area contributed by atoms with Gasteiger partial charge in [0, 0.05) is 28.2 Å². The SMILES string of the molecule is Nc1ccncc1C(=O)Nc1cc(Br)cc(C(F)(F)F)c1. The molecule has 0 aliphatic carbocycles. The van der Waals surface area contributed by atoms with E-state index in [4.69, 9.17) is 5.73 Å². The highest BCUT2D eigenvalue weighted by Crippen LogP contribution is 2.33. The Hall–Kier alpha value is -2.09. The molecule has 110 valence electrons. The van der Waals surface area contributed by atoms with Gasteiger partial charge in [0.05, 0.1) is 11.1 Å². The maximum absolute atomic E-state index is 12.7. The number of rotatable bonds is 2. The third kappa shape index (κ3) is 3.72. The summed E-state index contributed by atoms with van der Waals surface area (Å²) in [6.07, 6.45) is -1.85. The second-order valence-corrected chi connectivity index (χ2v) is 5.06. The Labute approximate surface area is 126 Å². The molecule has 1 amide bonds. The minimum atomic E-state index is -4.50. The van der Waals surface area contributed by atoms with Crippen LogP contribution in [-0.2, 0) is 6.18 Å². The van der Waals surface area contributed by atoms with E-state index in [2.05, 4.69) is 26.2 Å². The van der Waals surface area contributed by atoms with E-state index in [1.54, 1.807) is 0 Å². The fourth-order valence-electron chi connectivity index (χ4n) is 1.62. The largest absolute Gasteiger partial charge is 0.416 e. The van der Waals surface area contributed by atoms with Gasteiger partial charge in [0.1, 0.15) is 0 Å². The lowest BCUT2D eigenvalue weighted by Crippen LogP contribution is -2.15. The number of nitrogen functional groups attached to an aromatic ring is 1. The smallest absolute Gasteiger partial charge is 0.398 e. The van der Waals surface area contributed by atoms with Crippen molar-refractivity contribution in [3.8, 4) is 0 Å². The third-order valence-corrected chi connectivity index (χ3v) is 3.04. The van der Waals surface area contributed by atoms with Crippen LogP contribution in [0.25, 0.3) is 0 Å². The number of hydrogen-bond donors (Lipinski definition) is 2. The van der Waals surface area contributed by atoms with Crippen LogP contribution in [0.3, 0.4) is 0 Å². The van der Waals surface area contributed by atoms with Crippen molar-refractivity contribution in [2.45, 2.75) is 6.18 Å². The number of anilines is 2. The van der Waals surface area contributed by atoms with Crippen molar-refractivity contribution in [1.82, 2.24) is 4.98 Å². The van der Waals surface area contributed by atoms with Crippen molar-refractivity contribution >= 4 is 33.2 Å². The molecule has 0 fully saturated rings. The van der Waals surface area contributed by atoms with E-state index in [0.29, 0.717) is 0 Å². The van der Waals surface area contributed by atoms with Gasteiger partial charge in [-0.3, -0.25) is 9.78 Å². The molecular weight excluding hydrogens is 351 g/mol. The Kier molecular flexibility index (Phi) is 4.17. The number of hydrogen-bond acceptors (Lipinski definition) is 3. The van der Waals surface area contributed by atoms with Crippen LogP contribution in [0.15, 0.2) is 41.1 Å². The molecule has 0 unspecified atom stereocenters. The zero-order chi connectivity index (χ0) is 15.6. The predicted octanol–water partition coefficient (Wildman–Crippen LogP) is 3.70. The van der Waals surface area contributed by atoms with Gasteiger partial charge in [0.25, 0.3) is 5.91 Å². The molecule has 1 aromatic carbocycles. The summed E-state index contributed by atoms with van der Waals surface area (Å²) in [5.74, 6) is -0.633. The monoisotopic (exact) mass is 359 g/mol. The van der Waals surface area contributed by atoms with Gasteiger partial charge in [-0.1, -0.05) is 15.9 Å². The summed E-state index contributed by atoms with van der Waals surface area (Å²) in [5, 5.41) is 2.36. The molecule has 0 radical (unpaired) electrons. The highest BCUT2D eigenvalue weighted by Gasteiger charge is 2.31. The first-order valence-corrected chi connectivity index (χ1v) is 6.45. The standard InChI is InChI=1S/C13H9BrF3N3O/c14-8-3-7(13(15,16)17)4-9(5-8)20-12(21)10-6-19-2-1-11(10)18/h1-6H,(H2,18,19)(H,20,21). The summed E-state index contributed by atoms with van der Waals surface area (Å²) in [7, 11) is 0. The van der Waals surface area contributed by atoms with Crippen molar-refractivity contribution in [2.24, 2.45) is 0 Å². The second kappa shape index (κ2) is 5.72. The molecule has 1 heterocycles. The number of alkyl halides is 3. The van der Waals surface area contributed by atoms with Gasteiger partial charge in [-0.2, -0.15) is 13.2 Å². The molecule has 0 aliphatic rings. The van der Waals surface area contributed by atoms with E-state index in [1.807, 2.05) is 0 Å². The summed E-state index contributed by atoms with van der Waals surface area (Å²) in [6, 6.07) is 4.56. The molecular formula is C13H9BrF3N3O. The normalized spacial score (nSPS) is 11.2. The summed E-state index contributed by atoms with van der Waals surface area (Å²) >= 11 is 2.98. The number of amides is 1. The average molecular weight is 360 g/mol. The number of aromatic nitrogens is 1. The minimum absolute atomic E-state index is 0.00459.